The number of rotatable bonds is 2. The minimum atomic E-state index is -0.158. The summed E-state index contributed by atoms with van der Waals surface area (Å²) in [5.74, 6) is -0.158. The summed E-state index contributed by atoms with van der Waals surface area (Å²) in [6, 6.07) is 7.67. The fourth-order valence-corrected chi connectivity index (χ4v) is 2.25. The molecule has 5 nitrogen and oxygen atoms in total. The van der Waals surface area contributed by atoms with E-state index in [1.165, 1.54) is 23.5 Å². The van der Waals surface area contributed by atoms with E-state index in [9.17, 15) is 4.79 Å². The Morgan fingerprint density at radius 3 is 3.05 bits per heavy atom. The molecule has 1 aromatic carbocycles. The van der Waals surface area contributed by atoms with E-state index in [0.29, 0.717) is 5.56 Å². The van der Waals surface area contributed by atoms with Crippen molar-refractivity contribution in [1.29, 1.82) is 0 Å². The maximum absolute atomic E-state index is 12.1. The molecular formula is C14H14N4O. The molecule has 2 heterocycles. The van der Waals surface area contributed by atoms with Crippen LogP contribution in [0.15, 0.2) is 36.7 Å². The Morgan fingerprint density at radius 2 is 2.21 bits per heavy atom. The Labute approximate surface area is 111 Å². The van der Waals surface area contributed by atoms with Crippen molar-refractivity contribution < 1.29 is 4.79 Å². The van der Waals surface area contributed by atoms with Crippen LogP contribution in [-0.2, 0) is 13.0 Å². The molecule has 0 atom stereocenters. The second-order valence-corrected chi connectivity index (χ2v) is 4.46. The summed E-state index contributed by atoms with van der Waals surface area (Å²) in [5.41, 5.74) is 3.84. The lowest BCUT2D eigenvalue weighted by atomic mass is 9.99. The molecule has 1 amide bonds. The number of carbonyl (C=O) groups excluding carboxylic acids is 1. The predicted molar refractivity (Wildman–Crippen MR) is 71.8 cm³/mol. The van der Waals surface area contributed by atoms with E-state index in [-0.39, 0.29) is 5.91 Å². The second kappa shape index (κ2) is 5.16. The maximum Gasteiger partial charge on any atom is 0.257 e. The number of carbonyl (C=O) groups is 1. The summed E-state index contributed by atoms with van der Waals surface area (Å²) < 4.78 is 0. The summed E-state index contributed by atoms with van der Waals surface area (Å²) in [7, 11) is 0. The van der Waals surface area contributed by atoms with Gasteiger partial charge in [0.05, 0.1) is 18.0 Å². The highest BCUT2D eigenvalue weighted by Gasteiger charge is 2.14. The Hall–Kier alpha value is -2.27. The third kappa shape index (κ3) is 2.46. The van der Waals surface area contributed by atoms with Crippen LogP contribution in [-0.4, -0.2) is 22.6 Å². The van der Waals surface area contributed by atoms with Gasteiger partial charge in [-0.3, -0.25) is 4.79 Å². The molecule has 0 unspecified atom stereocenters. The summed E-state index contributed by atoms with van der Waals surface area (Å²) in [6.07, 6.45) is 3.97. The van der Waals surface area contributed by atoms with E-state index in [2.05, 4.69) is 26.9 Å². The van der Waals surface area contributed by atoms with Crippen LogP contribution in [0.25, 0.3) is 0 Å². The zero-order valence-electron chi connectivity index (χ0n) is 10.4. The Balaban J connectivity index is 1.86. The number of benzene rings is 1. The van der Waals surface area contributed by atoms with E-state index in [0.717, 1.165) is 25.2 Å². The standard InChI is InChI=1S/C14H14N4O/c19-14(11-5-7-16-17-8-11)18-13-3-1-2-10-4-6-15-9-12(10)13/h1-3,5,7-8,15H,4,6,9H2,(H,18,19). The van der Waals surface area contributed by atoms with Crippen molar-refractivity contribution in [3.05, 3.63) is 53.3 Å². The Kier molecular flexibility index (Phi) is 3.20. The second-order valence-electron chi connectivity index (χ2n) is 4.46. The van der Waals surface area contributed by atoms with Gasteiger partial charge in [-0.05, 0) is 36.2 Å². The van der Waals surface area contributed by atoms with Crippen LogP contribution in [0.4, 0.5) is 5.69 Å². The van der Waals surface area contributed by atoms with Gasteiger partial charge < -0.3 is 10.6 Å². The van der Waals surface area contributed by atoms with Gasteiger partial charge >= 0.3 is 0 Å². The minimum absolute atomic E-state index is 0.158. The lowest BCUT2D eigenvalue weighted by molar-refractivity contribution is 0.102. The molecule has 1 aromatic heterocycles. The number of hydrogen-bond acceptors (Lipinski definition) is 4. The zero-order chi connectivity index (χ0) is 13.1. The first-order chi connectivity index (χ1) is 9.34. The molecule has 0 aliphatic carbocycles. The molecule has 1 aliphatic heterocycles. The van der Waals surface area contributed by atoms with Crippen LogP contribution < -0.4 is 10.6 Å². The van der Waals surface area contributed by atoms with Gasteiger partial charge in [0.15, 0.2) is 0 Å². The van der Waals surface area contributed by atoms with Crippen molar-refractivity contribution >= 4 is 11.6 Å². The first-order valence-electron chi connectivity index (χ1n) is 6.24. The predicted octanol–water partition coefficient (Wildman–Crippen LogP) is 1.37. The van der Waals surface area contributed by atoms with Gasteiger partial charge in [0.1, 0.15) is 0 Å². The van der Waals surface area contributed by atoms with Crippen molar-refractivity contribution in [3.8, 4) is 0 Å². The molecule has 0 spiro atoms. The fraction of sp³-hybridized carbons (Fsp3) is 0.214. The Morgan fingerprint density at radius 1 is 1.26 bits per heavy atom. The van der Waals surface area contributed by atoms with E-state index in [4.69, 9.17) is 0 Å². The van der Waals surface area contributed by atoms with Gasteiger partial charge in [-0.2, -0.15) is 10.2 Å². The van der Waals surface area contributed by atoms with Crippen LogP contribution in [0.5, 0.6) is 0 Å². The molecule has 3 rings (SSSR count). The third-order valence-electron chi connectivity index (χ3n) is 3.24. The van der Waals surface area contributed by atoms with Gasteiger partial charge in [0.25, 0.3) is 5.91 Å². The molecule has 5 heteroatoms. The SMILES string of the molecule is O=C(Nc1cccc2c1CNCC2)c1ccnnc1. The molecule has 0 saturated carbocycles. The Bertz CT molecular complexity index is 598. The van der Waals surface area contributed by atoms with Crippen molar-refractivity contribution in [2.24, 2.45) is 0 Å². The highest BCUT2D eigenvalue weighted by atomic mass is 16.1. The van der Waals surface area contributed by atoms with E-state index < -0.39 is 0 Å². The number of nitrogens with zero attached hydrogens (tertiary/aromatic N) is 2. The van der Waals surface area contributed by atoms with Crippen LogP contribution in [0.2, 0.25) is 0 Å². The summed E-state index contributed by atoms with van der Waals surface area (Å²) >= 11 is 0. The summed E-state index contributed by atoms with van der Waals surface area (Å²) in [5, 5.41) is 13.6. The van der Waals surface area contributed by atoms with Crippen molar-refractivity contribution in [1.82, 2.24) is 15.5 Å². The normalized spacial score (nSPS) is 13.7. The average molecular weight is 254 g/mol. The van der Waals surface area contributed by atoms with Gasteiger partial charge in [0.2, 0.25) is 0 Å². The molecule has 2 aromatic rings. The van der Waals surface area contributed by atoms with Gasteiger partial charge in [-0.25, -0.2) is 0 Å². The monoisotopic (exact) mass is 254 g/mol. The molecule has 0 radical (unpaired) electrons. The lowest BCUT2D eigenvalue weighted by Gasteiger charge is -2.20. The maximum atomic E-state index is 12.1. The number of nitrogens with one attached hydrogen (secondary N) is 2. The molecule has 19 heavy (non-hydrogen) atoms. The van der Waals surface area contributed by atoms with Gasteiger partial charge in [-0.15, -0.1) is 0 Å². The zero-order valence-corrected chi connectivity index (χ0v) is 10.4. The fourth-order valence-electron chi connectivity index (χ4n) is 2.25. The van der Waals surface area contributed by atoms with Crippen molar-refractivity contribution in [2.75, 3.05) is 11.9 Å². The minimum Gasteiger partial charge on any atom is -0.322 e. The largest absolute Gasteiger partial charge is 0.322 e. The molecule has 0 bridgehead atoms. The number of aromatic nitrogens is 2. The van der Waals surface area contributed by atoms with Crippen molar-refractivity contribution in [3.63, 3.8) is 0 Å². The third-order valence-corrected chi connectivity index (χ3v) is 3.24. The molecule has 96 valence electrons. The highest BCUT2D eigenvalue weighted by molar-refractivity contribution is 6.04. The van der Waals surface area contributed by atoms with Crippen LogP contribution in [0.3, 0.4) is 0 Å². The lowest BCUT2D eigenvalue weighted by Crippen LogP contribution is -2.25. The van der Waals surface area contributed by atoms with E-state index in [1.807, 2.05) is 12.1 Å². The number of fused-ring (bicyclic) bond motifs is 1. The van der Waals surface area contributed by atoms with E-state index >= 15 is 0 Å². The summed E-state index contributed by atoms with van der Waals surface area (Å²) in [4.78, 5) is 12.1. The number of hydrogen-bond donors (Lipinski definition) is 2. The molecule has 0 fully saturated rings. The summed E-state index contributed by atoms with van der Waals surface area (Å²) in [6.45, 7) is 1.78. The van der Waals surface area contributed by atoms with Gasteiger partial charge in [-0.1, -0.05) is 12.1 Å². The number of anilines is 1. The van der Waals surface area contributed by atoms with Gasteiger partial charge in [0, 0.05) is 12.2 Å². The molecule has 0 saturated heterocycles. The molecular weight excluding hydrogens is 240 g/mol. The quantitative estimate of drug-likeness (QED) is 0.849. The van der Waals surface area contributed by atoms with Crippen LogP contribution in [0, 0.1) is 0 Å². The first kappa shape index (κ1) is 11.8. The highest BCUT2D eigenvalue weighted by Crippen LogP contribution is 2.23. The average Bonchev–Trinajstić information content (AvgIpc) is 2.48. The number of amides is 1. The molecule has 2 N–H and O–H groups in total. The molecule has 1 aliphatic rings. The van der Waals surface area contributed by atoms with Crippen LogP contribution >= 0.6 is 0 Å². The van der Waals surface area contributed by atoms with Crippen molar-refractivity contribution in [2.45, 2.75) is 13.0 Å². The smallest absolute Gasteiger partial charge is 0.257 e. The topological polar surface area (TPSA) is 66.9 Å². The van der Waals surface area contributed by atoms with E-state index in [1.54, 1.807) is 6.07 Å². The first-order valence-corrected chi connectivity index (χ1v) is 6.24. The van der Waals surface area contributed by atoms with Crippen LogP contribution in [0.1, 0.15) is 21.5 Å².